The zero-order valence-electron chi connectivity index (χ0n) is 28.7. The molecule has 1 saturated heterocycles. The molecule has 2 aromatic carbocycles. The van der Waals surface area contributed by atoms with Gasteiger partial charge in [-0.1, -0.05) is 84.5 Å². The van der Waals surface area contributed by atoms with Crippen LogP contribution in [0.4, 0.5) is 43.9 Å². The van der Waals surface area contributed by atoms with Gasteiger partial charge >= 0.3 is 26.2 Å². The topological polar surface area (TPSA) is 9.23 Å². The maximum absolute atomic E-state index is 13.5. The average molecular weight is 795 g/mol. The minimum atomic E-state index is -2.17. The molecule has 2 aromatic rings. The third-order valence-electron chi connectivity index (χ3n) is 8.63. The van der Waals surface area contributed by atoms with E-state index in [9.17, 15) is 43.9 Å². The van der Waals surface area contributed by atoms with Gasteiger partial charge in [0.1, 0.15) is 11.6 Å². The Morgan fingerprint density at radius 3 is 1.26 bits per heavy atom. The third kappa shape index (κ3) is 13.4. The van der Waals surface area contributed by atoms with Crippen molar-refractivity contribution in [2.45, 2.75) is 109 Å². The van der Waals surface area contributed by atoms with Crippen LogP contribution in [0.1, 0.15) is 46.5 Å². The molecule has 0 spiro atoms. The number of halogens is 10. The van der Waals surface area contributed by atoms with E-state index in [-0.39, 0.29) is 32.1 Å². The first-order valence-corrected chi connectivity index (χ1v) is 22.7. The summed E-state index contributed by atoms with van der Waals surface area (Å²) in [5, 5.41) is 0. The summed E-state index contributed by atoms with van der Waals surface area (Å²) in [7, 11) is -1.65. The second kappa shape index (κ2) is 20.1. The molecular weight excluding hydrogens is 749 g/mol. The van der Waals surface area contributed by atoms with Crippen LogP contribution in [-0.2, 0) is 30.9 Å². The van der Waals surface area contributed by atoms with Gasteiger partial charge < -0.3 is 4.74 Å². The van der Waals surface area contributed by atoms with Crippen molar-refractivity contribution in [3.63, 3.8) is 0 Å². The van der Waals surface area contributed by atoms with E-state index in [4.69, 9.17) is 4.74 Å². The molecule has 3 atom stereocenters. The molecule has 2 fully saturated rings. The van der Waals surface area contributed by atoms with Gasteiger partial charge in [0.2, 0.25) is 0 Å². The summed E-state index contributed by atoms with van der Waals surface area (Å²) in [5.74, 6) is -18.9. The quantitative estimate of drug-likeness (QED) is 0.0963. The molecule has 0 N–H and O–H groups in total. The van der Waals surface area contributed by atoms with Crippen molar-refractivity contribution in [3.05, 3.63) is 64.2 Å². The molecule has 1 radical (unpaired) electrons. The molecule has 3 unspecified atom stereocenters. The van der Waals surface area contributed by atoms with Gasteiger partial charge in [0.05, 0.1) is 29.1 Å². The smallest absolute Gasteiger partial charge is 0.382 e. The Hall–Kier alpha value is -0.918. The molecule has 0 bridgehead atoms. The summed E-state index contributed by atoms with van der Waals surface area (Å²) in [6.45, 7) is 22.3. The molecule has 47 heavy (non-hydrogen) atoms. The molecule has 1 saturated carbocycles. The van der Waals surface area contributed by atoms with Crippen LogP contribution in [0, 0.1) is 70.2 Å². The number of ether oxygens (including phenoxy) is 1. The molecular formula is C32H46BF10OSi2Zr+2. The summed E-state index contributed by atoms with van der Waals surface area (Å²) >= 11 is 0. The van der Waals surface area contributed by atoms with Gasteiger partial charge in [0.15, 0.2) is 17.5 Å². The normalized spacial score (nSPS) is 19.5. The molecule has 263 valence electrons. The Balaban J connectivity index is 0.000000636. The van der Waals surface area contributed by atoms with E-state index in [1.807, 2.05) is 20.8 Å². The zero-order valence-corrected chi connectivity index (χ0v) is 33.1. The van der Waals surface area contributed by atoms with Crippen LogP contribution in [-0.4, -0.2) is 36.1 Å². The van der Waals surface area contributed by atoms with Gasteiger partial charge in [-0.2, -0.15) is 5.46 Å². The summed E-state index contributed by atoms with van der Waals surface area (Å²) in [5.41, 5.74) is 1.61. The molecule has 0 aromatic heterocycles. The van der Waals surface area contributed by atoms with Gasteiger partial charge in [-0.3, -0.25) is 8.78 Å². The Morgan fingerprint density at radius 1 is 0.617 bits per heavy atom. The van der Waals surface area contributed by atoms with Gasteiger partial charge in [0.25, 0.3) is 0 Å². The first kappa shape index (κ1) is 46.1. The van der Waals surface area contributed by atoms with Crippen molar-refractivity contribution >= 4 is 28.3 Å². The van der Waals surface area contributed by atoms with Crippen molar-refractivity contribution in [2.75, 3.05) is 13.2 Å². The minimum absolute atomic E-state index is 0. The largest absolute Gasteiger partial charge is 4.00 e. The SMILES string of the molecule is CC1CC[B-](c2c(F)c(F)c(F)c(F)c2F)C1.CCOCC.C[Si](C)(C)C1CCC([Si](C)(C)C)C1.Fc1[c-]c(F)c(F)c(F)c1F.[Zr+4]. The van der Waals surface area contributed by atoms with Crippen LogP contribution in [0.5, 0.6) is 0 Å². The van der Waals surface area contributed by atoms with Crippen LogP contribution >= 0.6 is 0 Å². The van der Waals surface area contributed by atoms with Gasteiger partial charge in [-0.25, -0.2) is 47.8 Å². The van der Waals surface area contributed by atoms with E-state index in [0.29, 0.717) is 12.6 Å². The van der Waals surface area contributed by atoms with Crippen molar-refractivity contribution in [3.8, 4) is 0 Å². The predicted octanol–water partition coefficient (Wildman–Crippen LogP) is 10.9. The maximum atomic E-state index is 13.5. The zero-order chi connectivity index (χ0) is 35.7. The molecule has 1 aliphatic heterocycles. The fraction of sp³-hybridized carbons (Fsp3) is 0.625. The monoisotopic (exact) mass is 793 g/mol. The van der Waals surface area contributed by atoms with Crippen LogP contribution in [0.25, 0.3) is 0 Å². The van der Waals surface area contributed by atoms with E-state index < -0.39 is 86.5 Å². The Morgan fingerprint density at radius 2 is 0.979 bits per heavy atom. The molecule has 2 aliphatic rings. The van der Waals surface area contributed by atoms with Crippen LogP contribution in [0.2, 0.25) is 63.0 Å². The van der Waals surface area contributed by atoms with E-state index in [2.05, 4.69) is 39.3 Å². The number of benzene rings is 2. The second-order valence-corrected chi connectivity index (χ2v) is 25.1. The summed E-state index contributed by atoms with van der Waals surface area (Å²) in [6, 6.07) is 1.02. The van der Waals surface area contributed by atoms with Crippen LogP contribution < -0.4 is 5.46 Å². The molecule has 15 heteroatoms. The molecule has 1 nitrogen and oxygen atoms in total. The summed E-state index contributed by atoms with van der Waals surface area (Å²) in [6.07, 6.45) is 6.32. The number of hydrogen-bond donors (Lipinski definition) is 0. The van der Waals surface area contributed by atoms with Gasteiger partial charge in [0, 0.05) is 29.4 Å². The van der Waals surface area contributed by atoms with Crippen molar-refractivity contribution in [1.29, 1.82) is 0 Å². The fourth-order valence-corrected chi connectivity index (χ4v) is 9.99. The first-order chi connectivity index (χ1) is 21.1. The van der Waals surface area contributed by atoms with E-state index in [1.54, 1.807) is 19.3 Å². The molecule has 4 rings (SSSR count). The predicted molar refractivity (Wildman–Crippen MR) is 170 cm³/mol. The molecule has 1 heterocycles. The van der Waals surface area contributed by atoms with Crippen LogP contribution in [0.15, 0.2) is 0 Å². The van der Waals surface area contributed by atoms with E-state index in [1.165, 1.54) is 0 Å². The molecule has 1 aliphatic carbocycles. The second-order valence-electron chi connectivity index (χ2n) is 14.0. The fourth-order valence-electron chi connectivity index (χ4n) is 5.70. The average Bonchev–Trinajstić information content (AvgIpc) is 3.65. The maximum Gasteiger partial charge on any atom is 4.00 e. The van der Waals surface area contributed by atoms with Crippen molar-refractivity contribution < 1.29 is 74.8 Å². The van der Waals surface area contributed by atoms with Crippen molar-refractivity contribution in [2.24, 2.45) is 5.92 Å². The minimum Gasteiger partial charge on any atom is -0.382 e. The Labute approximate surface area is 294 Å². The third-order valence-corrected chi connectivity index (χ3v) is 14.6. The van der Waals surface area contributed by atoms with Crippen molar-refractivity contribution in [1.82, 2.24) is 0 Å². The van der Waals surface area contributed by atoms with E-state index in [0.717, 1.165) is 36.8 Å². The summed E-state index contributed by atoms with van der Waals surface area (Å²) in [4.78, 5) is 0. The standard InChI is InChI=1S/C11H10BF5.C11H26Si2.C6F5.C4H10O.Zr/c1-5-2-3-12(4-5)6-7(13)9(15)11(17)10(16)8(6)14;1-12(2,3)10-7-8-11(9-10)13(4,5)6;7-2-1-3(8)5(10)6(11)4(2)9;1-3-5-4-2;/h5H,2-4H2,1H3;10-11H,7-9H2,1-6H3;;3-4H2,1-2H3;/q-1;;-1;;+4. The number of rotatable bonds is 5. The van der Waals surface area contributed by atoms with Gasteiger partial charge in [-0.15, -0.1) is 6.07 Å². The Kier molecular flexibility index (Phi) is 19.7. The summed E-state index contributed by atoms with van der Waals surface area (Å²) < 4.78 is 130. The molecule has 0 amide bonds. The Bertz CT molecular complexity index is 1210. The van der Waals surface area contributed by atoms with Crippen LogP contribution in [0.3, 0.4) is 0 Å². The van der Waals surface area contributed by atoms with E-state index >= 15 is 0 Å². The van der Waals surface area contributed by atoms with Gasteiger partial charge in [-0.05, 0) is 24.9 Å². The first-order valence-electron chi connectivity index (χ1n) is 15.6. The number of hydrogen-bond acceptors (Lipinski definition) is 1.